The average Bonchev–Trinajstić information content (AvgIpc) is 3.52. The number of carbonyl (C=O) groups excluding carboxylic acids is 2. The Bertz CT molecular complexity index is 1150. The van der Waals surface area contributed by atoms with E-state index in [9.17, 15) is 14.7 Å². The van der Waals surface area contributed by atoms with E-state index >= 15 is 0 Å². The Labute approximate surface area is 243 Å². The molecule has 222 valence electrons. The summed E-state index contributed by atoms with van der Waals surface area (Å²) < 4.78 is 18.2. The van der Waals surface area contributed by atoms with Crippen LogP contribution in [-0.4, -0.2) is 53.2 Å². The van der Waals surface area contributed by atoms with Crippen LogP contribution in [0.25, 0.3) is 0 Å². The first-order valence-electron chi connectivity index (χ1n) is 14.7. The average molecular weight is 565 g/mol. The molecule has 0 unspecified atom stereocenters. The zero-order valence-corrected chi connectivity index (χ0v) is 24.5. The van der Waals surface area contributed by atoms with Crippen LogP contribution in [-0.2, 0) is 37.0 Å². The first-order valence-corrected chi connectivity index (χ1v) is 14.7. The molecule has 8 nitrogen and oxygen atoms in total. The van der Waals surface area contributed by atoms with Crippen molar-refractivity contribution >= 4 is 11.9 Å². The van der Waals surface area contributed by atoms with Crippen molar-refractivity contribution in [1.29, 1.82) is 0 Å². The van der Waals surface area contributed by atoms with Gasteiger partial charge in [0.1, 0.15) is 0 Å². The minimum absolute atomic E-state index is 0.00306. The van der Waals surface area contributed by atoms with Crippen molar-refractivity contribution in [2.45, 2.75) is 90.2 Å². The van der Waals surface area contributed by atoms with Crippen molar-refractivity contribution in [3.63, 3.8) is 0 Å². The monoisotopic (exact) mass is 564 g/mol. The van der Waals surface area contributed by atoms with Crippen molar-refractivity contribution in [3.05, 3.63) is 83.4 Å². The number of benzene rings is 2. The molecule has 0 aromatic heterocycles. The summed E-state index contributed by atoms with van der Waals surface area (Å²) in [6.45, 7) is 11.0. The van der Waals surface area contributed by atoms with Gasteiger partial charge in [0.2, 0.25) is 0 Å². The molecule has 0 radical (unpaired) electrons. The minimum atomic E-state index is -0.844. The topological polar surface area (TPSA) is 97.3 Å². The lowest BCUT2D eigenvalue weighted by molar-refractivity contribution is -0.276. The summed E-state index contributed by atoms with van der Waals surface area (Å²) in [6, 6.07) is 16.3. The van der Waals surface area contributed by atoms with Crippen molar-refractivity contribution in [1.82, 2.24) is 10.2 Å². The third-order valence-corrected chi connectivity index (χ3v) is 8.17. The van der Waals surface area contributed by atoms with Crippen LogP contribution in [0.5, 0.6) is 0 Å². The number of aliphatic hydroxyl groups is 1. The molecule has 5 atom stereocenters. The van der Waals surface area contributed by atoms with E-state index in [1.165, 1.54) is 32.6 Å². The van der Waals surface area contributed by atoms with Crippen LogP contribution >= 0.6 is 0 Å². The Morgan fingerprint density at radius 3 is 2.32 bits per heavy atom. The number of aliphatic hydroxyl groups excluding tert-OH is 1. The van der Waals surface area contributed by atoms with Gasteiger partial charge in [0, 0.05) is 44.1 Å². The molecule has 0 spiro atoms. The van der Waals surface area contributed by atoms with Crippen molar-refractivity contribution < 1.29 is 28.9 Å². The van der Waals surface area contributed by atoms with Crippen LogP contribution < -0.4 is 5.32 Å². The highest BCUT2D eigenvalue weighted by Gasteiger charge is 2.40. The third-order valence-electron chi connectivity index (χ3n) is 8.17. The molecule has 2 fully saturated rings. The zero-order valence-electron chi connectivity index (χ0n) is 24.5. The van der Waals surface area contributed by atoms with E-state index in [2.05, 4.69) is 23.7 Å². The lowest BCUT2D eigenvalue weighted by Crippen LogP contribution is -2.47. The highest BCUT2D eigenvalue weighted by atomic mass is 16.7. The summed E-state index contributed by atoms with van der Waals surface area (Å²) in [7, 11) is 0. The molecule has 2 N–H and O–H groups in total. The second kappa shape index (κ2) is 14.7. The van der Waals surface area contributed by atoms with Gasteiger partial charge in [-0.2, -0.15) is 0 Å². The predicted molar refractivity (Wildman–Crippen MR) is 157 cm³/mol. The molecule has 2 aromatic carbocycles. The number of amides is 1. The second-order valence-electron chi connectivity index (χ2n) is 11.2. The molecule has 0 bridgehead atoms. The number of esters is 1. The van der Waals surface area contributed by atoms with E-state index in [1.54, 1.807) is 6.92 Å². The summed E-state index contributed by atoms with van der Waals surface area (Å²) in [5.74, 6) is -0.731. The molecule has 8 heteroatoms. The Morgan fingerprint density at radius 2 is 1.71 bits per heavy atom. The summed E-state index contributed by atoms with van der Waals surface area (Å²) in [5.41, 5.74) is 3.74. The standard InChI is InChI=1S/C33H44N2O6/c1-5-18-35(29-8-6-7-9-29)20-30-22(2)31(27-14-12-26(21-36)13-15-27)41-33(40-30)28-16-10-25(11-17-28)19-34-32(38)23(3)39-24(4)37/h5,10-17,22-23,29-31,33,36H,1,6-9,18-21H2,2-4H3,(H,34,38)/t22-,23-,30+,31+,33+/m0/s1. The Balaban J connectivity index is 1.50. The largest absolute Gasteiger partial charge is 0.453 e. The molecule has 2 aliphatic rings. The fraction of sp³-hybridized carbons (Fsp3) is 0.515. The lowest BCUT2D eigenvalue weighted by Gasteiger charge is -2.43. The Hall–Kier alpha value is -3.04. The van der Waals surface area contributed by atoms with Gasteiger partial charge in [0.05, 0.1) is 18.8 Å². The predicted octanol–water partition coefficient (Wildman–Crippen LogP) is 4.97. The quantitative estimate of drug-likeness (QED) is 0.278. The molecule has 1 amide bonds. The van der Waals surface area contributed by atoms with Gasteiger partial charge in [0.15, 0.2) is 12.4 Å². The van der Waals surface area contributed by atoms with Crippen LogP contribution in [0.3, 0.4) is 0 Å². The summed E-state index contributed by atoms with van der Waals surface area (Å²) in [5, 5.41) is 12.3. The van der Waals surface area contributed by atoms with Crippen LogP contribution in [0.4, 0.5) is 0 Å². The number of ether oxygens (including phenoxy) is 3. The van der Waals surface area contributed by atoms with Crippen molar-refractivity contribution in [2.24, 2.45) is 5.92 Å². The molecule has 1 aliphatic heterocycles. The SMILES string of the molecule is C=CCN(C[C@H]1O[C@@H](c2ccc(CNC(=O)[C@H](C)OC(C)=O)cc2)O[C@@H](c2ccc(CO)cc2)[C@H]1C)C1CCCC1. The number of hydrogen-bond donors (Lipinski definition) is 2. The van der Waals surface area contributed by atoms with E-state index < -0.39 is 18.4 Å². The van der Waals surface area contributed by atoms with Crippen LogP contribution in [0.15, 0.2) is 61.2 Å². The molecular weight excluding hydrogens is 520 g/mol. The Morgan fingerprint density at radius 1 is 1.07 bits per heavy atom. The van der Waals surface area contributed by atoms with Gasteiger partial charge < -0.3 is 24.6 Å². The number of carbonyl (C=O) groups is 2. The summed E-state index contributed by atoms with van der Waals surface area (Å²) in [6.07, 6.45) is 5.29. The molecule has 1 saturated heterocycles. The highest BCUT2D eigenvalue weighted by Crippen LogP contribution is 2.42. The van der Waals surface area contributed by atoms with Gasteiger partial charge in [-0.3, -0.25) is 14.5 Å². The van der Waals surface area contributed by atoms with Crippen LogP contribution in [0, 0.1) is 5.92 Å². The van der Waals surface area contributed by atoms with E-state index in [4.69, 9.17) is 14.2 Å². The van der Waals surface area contributed by atoms with E-state index in [0.29, 0.717) is 12.6 Å². The number of rotatable bonds is 12. The minimum Gasteiger partial charge on any atom is -0.453 e. The normalized spacial score (nSPS) is 23.7. The zero-order chi connectivity index (χ0) is 29.4. The molecule has 1 aliphatic carbocycles. The third kappa shape index (κ3) is 8.26. The maximum atomic E-state index is 12.2. The van der Waals surface area contributed by atoms with Gasteiger partial charge >= 0.3 is 5.97 Å². The van der Waals surface area contributed by atoms with Gasteiger partial charge in [-0.15, -0.1) is 6.58 Å². The number of hydrogen-bond acceptors (Lipinski definition) is 7. The first kappa shape index (κ1) is 30.9. The molecular formula is C33H44N2O6. The summed E-state index contributed by atoms with van der Waals surface area (Å²) in [4.78, 5) is 25.9. The van der Waals surface area contributed by atoms with Crippen LogP contribution in [0.1, 0.15) is 81.1 Å². The first-order chi connectivity index (χ1) is 19.8. The fourth-order valence-electron chi connectivity index (χ4n) is 5.80. The van der Waals surface area contributed by atoms with E-state index in [-0.39, 0.29) is 30.6 Å². The highest BCUT2D eigenvalue weighted by molar-refractivity contribution is 5.82. The number of nitrogens with zero attached hydrogens (tertiary/aromatic N) is 1. The number of nitrogens with one attached hydrogen (secondary N) is 1. The van der Waals surface area contributed by atoms with Gasteiger partial charge in [0.25, 0.3) is 5.91 Å². The molecule has 4 rings (SSSR count). The lowest BCUT2D eigenvalue weighted by atomic mass is 9.89. The molecule has 2 aromatic rings. The van der Waals surface area contributed by atoms with Crippen molar-refractivity contribution in [2.75, 3.05) is 13.1 Å². The maximum absolute atomic E-state index is 12.2. The van der Waals surface area contributed by atoms with Gasteiger partial charge in [-0.25, -0.2) is 0 Å². The molecule has 1 saturated carbocycles. The maximum Gasteiger partial charge on any atom is 0.303 e. The van der Waals surface area contributed by atoms with E-state index in [0.717, 1.165) is 35.3 Å². The molecule has 1 heterocycles. The second-order valence-corrected chi connectivity index (χ2v) is 11.2. The smallest absolute Gasteiger partial charge is 0.303 e. The van der Waals surface area contributed by atoms with E-state index in [1.807, 2.05) is 54.6 Å². The van der Waals surface area contributed by atoms with Gasteiger partial charge in [-0.1, -0.05) is 74.4 Å². The Kier molecular flexibility index (Phi) is 11.1. The van der Waals surface area contributed by atoms with Crippen molar-refractivity contribution in [3.8, 4) is 0 Å². The summed E-state index contributed by atoms with van der Waals surface area (Å²) >= 11 is 0. The molecule has 41 heavy (non-hydrogen) atoms. The van der Waals surface area contributed by atoms with Crippen LogP contribution in [0.2, 0.25) is 0 Å². The van der Waals surface area contributed by atoms with Gasteiger partial charge in [-0.05, 0) is 36.5 Å². The fourth-order valence-corrected chi connectivity index (χ4v) is 5.80.